The number of carbonyl (C=O) groups is 1. The molecule has 2 heterocycles. The van der Waals surface area contributed by atoms with E-state index in [1.54, 1.807) is 26.2 Å². The third-order valence-corrected chi connectivity index (χ3v) is 4.55. The molecule has 0 atom stereocenters. The van der Waals surface area contributed by atoms with E-state index in [4.69, 9.17) is 10.5 Å². The molecule has 0 unspecified atom stereocenters. The molecule has 0 radical (unpaired) electrons. The molecular formula is C21H18N4O2. The van der Waals surface area contributed by atoms with Gasteiger partial charge in [0.05, 0.1) is 12.5 Å². The lowest BCUT2D eigenvalue weighted by Gasteiger charge is -2.05. The van der Waals surface area contributed by atoms with Crippen molar-refractivity contribution in [3.63, 3.8) is 0 Å². The van der Waals surface area contributed by atoms with Crippen LogP contribution in [0.1, 0.15) is 17.3 Å². The van der Waals surface area contributed by atoms with Crippen molar-refractivity contribution in [2.75, 3.05) is 12.8 Å². The molecule has 0 saturated carbocycles. The molecule has 6 heteroatoms. The second-order valence-corrected chi connectivity index (χ2v) is 6.21. The Kier molecular flexibility index (Phi) is 4.08. The molecule has 27 heavy (non-hydrogen) atoms. The van der Waals surface area contributed by atoms with Crippen LogP contribution in [0.5, 0.6) is 5.75 Å². The van der Waals surface area contributed by atoms with Gasteiger partial charge in [0, 0.05) is 23.0 Å². The Balaban J connectivity index is 1.95. The molecule has 134 valence electrons. The van der Waals surface area contributed by atoms with E-state index in [-0.39, 0.29) is 5.78 Å². The molecule has 2 aromatic carbocycles. The Bertz CT molecular complexity index is 1150. The van der Waals surface area contributed by atoms with Crippen molar-refractivity contribution in [2.45, 2.75) is 6.92 Å². The van der Waals surface area contributed by atoms with Crippen LogP contribution in [-0.4, -0.2) is 27.4 Å². The molecule has 2 N–H and O–H groups in total. The summed E-state index contributed by atoms with van der Waals surface area (Å²) in [6.45, 7) is 1.55. The number of hydrogen-bond acceptors (Lipinski definition) is 5. The number of carbonyl (C=O) groups excluding carboxylic acids is 1. The van der Waals surface area contributed by atoms with E-state index in [1.165, 1.54) is 6.33 Å². The molecule has 0 amide bonds. The Morgan fingerprint density at radius 2 is 1.89 bits per heavy atom. The number of nitrogen functional groups attached to an aromatic ring is 1. The molecule has 0 aliphatic rings. The van der Waals surface area contributed by atoms with E-state index in [0.29, 0.717) is 17.0 Å². The summed E-state index contributed by atoms with van der Waals surface area (Å²) in [5.74, 6) is 1.20. The molecule has 4 aromatic rings. The first kappa shape index (κ1) is 16.8. The van der Waals surface area contributed by atoms with Gasteiger partial charge in [-0.15, -0.1) is 0 Å². The summed E-state index contributed by atoms with van der Waals surface area (Å²) in [6.07, 6.45) is 3.43. The number of benzene rings is 2. The van der Waals surface area contributed by atoms with E-state index < -0.39 is 0 Å². The number of fused-ring (bicyclic) bond motifs is 1. The number of aromatic nitrogens is 3. The fourth-order valence-corrected chi connectivity index (χ4v) is 3.15. The normalized spacial score (nSPS) is 10.9. The molecule has 0 bridgehead atoms. The van der Waals surface area contributed by atoms with Crippen LogP contribution in [0, 0.1) is 0 Å². The minimum absolute atomic E-state index is 0.0301. The molecule has 0 fully saturated rings. The number of anilines is 1. The van der Waals surface area contributed by atoms with Gasteiger partial charge in [0.1, 0.15) is 17.9 Å². The van der Waals surface area contributed by atoms with Gasteiger partial charge in [-0.2, -0.15) is 0 Å². The van der Waals surface area contributed by atoms with Crippen molar-refractivity contribution in [3.05, 3.63) is 66.6 Å². The van der Waals surface area contributed by atoms with Crippen molar-refractivity contribution < 1.29 is 9.53 Å². The number of nitrogens with two attached hydrogens (primary N) is 1. The quantitative estimate of drug-likeness (QED) is 0.560. The third-order valence-electron chi connectivity index (χ3n) is 4.55. The lowest BCUT2D eigenvalue weighted by Crippen LogP contribution is -1.98. The number of Topliss-reactive ketones (excluding diaryl/α,β-unsaturated/α-hetero) is 1. The van der Waals surface area contributed by atoms with Gasteiger partial charge in [0.2, 0.25) is 0 Å². The van der Waals surface area contributed by atoms with Crippen molar-refractivity contribution >= 4 is 22.6 Å². The SMILES string of the molecule is COc1cccc(-c2cn(-c3ccc(C(C)=O)cc3)c3ncnc(N)c23)c1. The first-order chi connectivity index (χ1) is 13.1. The van der Waals surface area contributed by atoms with Gasteiger partial charge in [-0.3, -0.25) is 4.79 Å². The van der Waals surface area contributed by atoms with Gasteiger partial charge >= 0.3 is 0 Å². The van der Waals surface area contributed by atoms with Crippen molar-refractivity contribution in [2.24, 2.45) is 0 Å². The van der Waals surface area contributed by atoms with Gasteiger partial charge in [-0.05, 0) is 48.9 Å². The molecular weight excluding hydrogens is 340 g/mol. The van der Waals surface area contributed by atoms with E-state index in [2.05, 4.69) is 9.97 Å². The Morgan fingerprint density at radius 3 is 2.59 bits per heavy atom. The maximum atomic E-state index is 11.5. The fraction of sp³-hybridized carbons (Fsp3) is 0.0952. The maximum absolute atomic E-state index is 11.5. The van der Waals surface area contributed by atoms with Crippen LogP contribution in [0.3, 0.4) is 0 Å². The average molecular weight is 358 g/mol. The molecule has 0 spiro atoms. The molecule has 0 aliphatic heterocycles. The smallest absolute Gasteiger partial charge is 0.159 e. The molecule has 0 aliphatic carbocycles. The lowest BCUT2D eigenvalue weighted by atomic mass is 10.1. The zero-order valence-corrected chi connectivity index (χ0v) is 15.0. The molecule has 0 saturated heterocycles. The minimum atomic E-state index is 0.0301. The van der Waals surface area contributed by atoms with Crippen LogP contribution >= 0.6 is 0 Å². The van der Waals surface area contributed by atoms with Crippen LogP contribution in [0.15, 0.2) is 61.1 Å². The first-order valence-electron chi connectivity index (χ1n) is 8.46. The Labute approximate surface area is 156 Å². The van der Waals surface area contributed by atoms with Crippen molar-refractivity contribution in [1.29, 1.82) is 0 Å². The topological polar surface area (TPSA) is 83.0 Å². The van der Waals surface area contributed by atoms with Crippen LogP contribution in [0.2, 0.25) is 0 Å². The van der Waals surface area contributed by atoms with Gasteiger partial charge < -0.3 is 15.0 Å². The molecule has 4 rings (SSSR count). The third kappa shape index (κ3) is 2.91. The second-order valence-electron chi connectivity index (χ2n) is 6.21. The number of ketones is 1. The number of nitrogens with zero attached hydrogens (tertiary/aromatic N) is 3. The van der Waals surface area contributed by atoms with E-state index in [9.17, 15) is 4.79 Å². The van der Waals surface area contributed by atoms with E-state index in [1.807, 2.05) is 47.2 Å². The van der Waals surface area contributed by atoms with E-state index in [0.717, 1.165) is 28.0 Å². The number of methoxy groups -OCH3 is 1. The maximum Gasteiger partial charge on any atom is 0.159 e. The summed E-state index contributed by atoms with van der Waals surface area (Å²) in [6, 6.07) is 15.2. The highest BCUT2D eigenvalue weighted by Crippen LogP contribution is 2.35. The predicted molar refractivity (Wildman–Crippen MR) is 105 cm³/mol. The fourth-order valence-electron chi connectivity index (χ4n) is 3.15. The highest BCUT2D eigenvalue weighted by molar-refractivity contribution is 6.01. The largest absolute Gasteiger partial charge is 0.497 e. The van der Waals surface area contributed by atoms with Crippen molar-refractivity contribution in [3.8, 4) is 22.6 Å². The molecule has 6 nitrogen and oxygen atoms in total. The molecule has 2 aromatic heterocycles. The minimum Gasteiger partial charge on any atom is -0.497 e. The van der Waals surface area contributed by atoms with Crippen LogP contribution in [0.25, 0.3) is 27.8 Å². The highest BCUT2D eigenvalue weighted by atomic mass is 16.5. The Hall–Kier alpha value is -3.67. The van der Waals surface area contributed by atoms with Gasteiger partial charge in [-0.1, -0.05) is 12.1 Å². The van der Waals surface area contributed by atoms with Crippen LogP contribution in [-0.2, 0) is 0 Å². The average Bonchev–Trinajstić information content (AvgIpc) is 3.09. The van der Waals surface area contributed by atoms with Gasteiger partial charge in [0.25, 0.3) is 0 Å². The highest BCUT2D eigenvalue weighted by Gasteiger charge is 2.16. The van der Waals surface area contributed by atoms with Crippen LogP contribution in [0.4, 0.5) is 5.82 Å². The van der Waals surface area contributed by atoms with Crippen molar-refractivity contribution in [1.82, 2.24) is 14.5 Å². The summed E-state index contributed by atoms with van der Waals surface area (Å²) in [5, 5.41) is 0.779. The lowest BCUT2D eigenvalue weighted by molar-refractivity contribution is 0.101. The zero-order chi connectivity index (χ0) is 19.0. The number of ether oxygens (including phenoxy) is 1. The summed E-state index contributed by atoms with van der Waals surface area (Å²) in [4.78, 5) is 20.1. The summed E-state index contributed by atoms with van der Waals surface area (Å²) in [5.41, 5.74) is 10.3. The summed E-state index contributed by atoms with van der Waals surface area (Å²) < 4.78 is 7.29. The standard InChI is InChI=1S/C21H18N4O2/c1-13(26)14-6-8-16(9-7-14)25-11-18(15-4-3-5-17(10-15)27-2)19-20(22)23-12-24-21(19)25/h3-12H,1-2H3,(H2,22,23,24). The number of hydrogen-bond donors (Lipinski definition) is 1. The first-order valence-corrected chi connectivity index (χ1v) is 8.46. The zero-order valence-electron chi connectivity index (χ0n) is 15.0. The number of rotatable bonds is 4. The summed E-state index contributed by atoms with van der Waals surface area (Å²) >= 11 is 0. The van der Waals surface area contributed by atoms with E-state index >= 15 is 0 Å². The second kappa shape index (κ2) is 6.57. The van der Waals surface area contributed by atoms with Gasteiger partial charge in [0.15, 0.2) is 11.4 Å². The predicted octanol–water partition coefficient (Wildman–Crippen LogP) is 3.88. The monoisotopic (exact) mass is 358 g/mol. The van der Waals surface area contributed by atoms with Gasteiger partial charge in [-0.25, -0.2) is 9.97 Å². The summed E-state index contributed by atoms with van der Waals surface area (Å²) in [7, 11) is 1.64. The van der Waals surface area contributed by atoms with Crippen LogP contribution < -0.4 is 10.5 Å². The Morgan fingerprint density at radius 1 is 1.11 bits per heavy atom.